The fourth-order valence-electron chi connectivity index (χ4n) is 1.67. The quantitative estimate of drug-likeness (QED) is 0.797. The van der Waals surface area contributed by atoms with Gasteiger partial charge in [0.1, 0.15) is 0 Å². The van der Waals surface area contributed by atoms with Gasteiger partial charge in [-0.2, -0.15) is 0 Å². The number of carboxylic acid groups (broad SMARTS) is 1. The molecule has 6 nitrogen and oxygen atoms in total. The van der Waals surface area contributed by atoms with E-state index in [2.05, 4.69) is 10.3 Å². The largest absolute Gasteiger partial charge is 0.481 e. The molecule has 0 bridgehead atoms. The molecule has 21 heavy (non-hydrogen) atoms. The Labute approximate surface area is 130 Å². The number of fused-ring (bicyclic) bond motifs is 1. The number of halogens is 1. The Morgan fingerprint density at radius 2 is 2.38 bits per heavy atom. The minimum atomic E-state index is -0.870. The molecule has 0 aromatic carbocycles. The van der Waals surface area contributed by atoms with E-state index < -0.39 is 11.9 Å². The van der Waals surface area contributed by atoms with Crippen LogP contribution >= 0.6 is 22.9 Å². The molecule has 2 aromatic heterocycles. The zero-order valence-electron chi connectivity index (χ0n) is 11.2. The molecule has 0 saturated heterocycles. The van der Waals surface area contributed by atoms with Crippen LogP contribution in [0.5, 0.6) is 0 Å². The van der Waals surface area contributed by atoms with Crippen molar-refractivity contribution in [1.29, 1.82) is 0 Å². The number of nitrogens with zero attached hydrogens (tertiary/aromatic N) is 2. The van der Waals surface area contributed by atoms with Crippen LogP contribution in [0.25, 0.3) is 11.0 Å². The summed E-state index contributed by atoms with van der Waals surface area (Å²) in [6.07, 6.45) is 5.16. The Morgan fingerprint density at radius 1 is 1.62 bits per heavy atom. The molecule has 0 saturated carbocycles. The van der Waals surface area contributed by atoms with Crippen molar-refractivity contribution in [2.75, 3.05) is 6.54 Å². The molecule has 0 radical (unpaired) electrons. The lowest BCUT2D eigenvalue weighted by Crippen LogP contribution is -2.25. The lowest BCUT2D eigenvalue weighted by molar-refractivity contribution is -0.141. The zero-order valence-corrected chi connectivity index (χ0v) is 12.8. The van der Waals surface area contributed by atoms with Crippen molar-refractivity contribution in [1.82, 2.24) is 14.7 Å². The topological polar surface area (TPSA) is 83.7 Å². The summed E-state index contributed by atoms with van der Waals surface area (Å²) in [6.45, 7) is 1.91. The molecule has 2 N–H and O–H groups in total. The van der Waals surface area contributed by atoms with Crippen molar-refractivity contribution < 1.29 is 14.7 Å². The van der Waals surface area contributed by atoms with E-state index in [0.717, 1.165) is 4.96 Å². The SMILES string of the molecule is CC(CCNC(=O)/C=C/c1c(Cl)nc2sccn12)C(=O)O. The normalized spacial score (nSPS) is 12.9. The van der Waals surface area contributed by atoms with E-state index in [4.69, 9.17) is 16.7 Å². The van der Waals surface area contributed by atoms with Gasteiger partial charge in [0.2, 0.25) is 5.91 Å². The minimum Gasteiger partial charge on any atom is -0.481 e. The number of aliphatic carboxylic acids is 1. The van der Waals surface area contributed by atoms with Crippen LogP contribution in [0.2, 0.25) is 5.15 Å². The lowest BCUT2D eigenvalue weighted by Gasteiger charge is -2.05. The number of aromatic nitrogens is 2. The summed E-state index contributed by atoms with van der Waals surface area (Å²) in [6, 6.07) is 0. The predicted molar refractivity (Wildman–Crippen MR) is 81.5 cm³/mol. The Balaban J connectivity index is 1.92. The van der Waals surface area contributed by atoms with Crippen molar-refractivity contribution in [2.24, 2.45) is 5.92 Å². The molecule has 0 aliphatic heterocycles. The van der Waals surface area contributed by atoms with Gasteiger partial charge in [-0.3, -0.25) is 14.0 Å². The lowest BCUT2D eigenvalue weighted by atomic mass is 10.1. The maximum atomic E-state index is 11.7. The molecule has 0 fully saturated rings. The van der Waals surface area contributed by atoms with Crippen LogP contribution in [0.15, 0.2) is 17.7 Å². The fourth-order valence-corrected chi connectivity index (χ4v) is 2.68. The molecule has 0 aliphatic rings. The highest BCUT2D eigenvalue weighted by atomic mass is 35.5. The average Bonchev–Trinajstić information content (AvgIpc) is 2.97. The summed E-state index contributed by atoms with van der Waals surface area (Å²) in [5.41, 5.74) is 0.641. The number of rotatable bonds is 6. The number of carbonyl (C=O) groups is 2. The van der Waals surface area contributed by atoms with E-state index in [1.807, 2.05) is 11.6 Å². The van der Waals surface area contributed by atoms with E-state index in [-0.39, 0.29) is 5.91 Å². The van der Waals surface area contributed by atoms with E-state index in [9.17, 15) is 9.59 Å². The zero-order chi connectivity index (χ0) is 15.4. The molecule has 2 aromatic rings. The molecule has 2 heterocycles. The first-order chi connectivity index (χ1) is 9.99. The van der Waals surface area contributed by atoms with Crippen molar-refractivity contribution in [3.05, 3.63) is 28.5 Å². The van der Waals surface area contributed by atoms with Crippen LogP contribution in [-0.4, -0.2) is 32.9 Å². The molecular weight excluding hydrogens is 314 g/mol. The van der Waals surface area contributed by atoms with Gasteiger partial charge in [-0.1, -0.05) is 18.5 Å². The van der Waals surface area contributed by atoms with Gasteiger partial charge in [0.05, 0.1) is 11.6 Å². The van der Waals surface area contributed by atoms with Gasteiger partial charge < -0.3 is 10.4 Å². The number of hydrogen-bond acceptors (Lipinski definition) is 4. The summed E-state index contributed by atoms with van der Waals surface area (Å²) in [4.78, 5) is 27.2. The third-order valence-electron chi connectivity index (χ3n) is 2.94. The van der Waals surface area contributed by atoms with Gasteiger partial charge in [0, 0.05) is 24.2 Å². The van der Waals surface area contributed by atoms with Gasteiger partial charge >= 0.3 is 5.97 Å². The van der Waals surface area contributed by atoms with Crippen molar-refractivity contribution >= 4 is 45.9 Å². The Kier molecular flexibility index (Phi) is 4.98. The second-order valence-corrected chi connectivity index (χ2v) is 5.73. The number of hydrogen-bond donors (Lipinski definition) is 2. The van der Waals surface area contributed by atoms with Crippen LogP contribution in [0, 0.1) is 5.92 Å². The van der Waals surface area contributed by atoms with Gasteiger partial charge in [-0.05, 0) is 12.5 Å². The Bertz CT molecular complexity index is 692. The molecule has 0 aliphatic carbocycles. The summed E-state index contributed by atoms with van der Waals surface area (Å²) in [7, 11) is 0. The van der Waals surface area contributed by atoms with Crippen molar-refractivity contribution in [3.8, 4) is 0 Å². The summed E-state index contributed by atoms with van der Waals surface area (Å²) in [5, 5.41) is 13.6. The van der Waals surface area contributed by atoms with E-state index in [0.29, 0.717) is 23.8 Å². The minimum absolute atomic E-state index is 0.297. The average molecular weight is 328 g/mol. The summed E-state index contributed by atoms with van der Waals surface area (Å²) in [5.74, 6) is -1.65. The number of nitrogens with one attached hydrogen (secondary N) is 1. The van der Waals surface area contributed by atoms with Crippen LogP contribution in [-0.2, 0) is 9.59 Å². The second-order valence-electron chi connectivity index (χ2n) is 4.50. The van der Waals surface area contributed by atoms with Gasteiger partial charge in [-0.15, -0.1) is 11.3 Å². The van der Waals surface area contributed by atoms with Crippen LogP contribution in [0.3, 0.4) is 0 Å². The predicted octanol–water partition coefficient (Wildman–Crippen LogP) is 2.29. The molecule has 112 valence electrons. The fraction of sp³-hybridized carbons (Fsp3) is 0.308. The molecular formula is C13H14ClN3O3S. The monoisotopic (exact) mass is 327 g/mol. The van der Waals surface area contributed by atoms with E-state index >= 15 is 0 Å². The van der Waals surface area contributed by atoms with Gasteiger partial charge in [0.25, 0.3) is 0 Å². The van der Waals surface area contributed by atoms with Crippen LogP contribution < -0.4 is 5.32 Å². The van der Waals surface area contributed by atoms with Crippen molar-refractivity contribution in [3.63, 3.8) is 0 Å². The first kappa shape index (κ1) is 15.5. The van der Waals surface area contributed by atoms with E-state index in [1.54, 1.807) is 17.4 Å². The van der Waals surface area contributed by atoms with Gasteiger partial charge in [0.15, 0.2) is 10.1 Å². The first-order valence-electron chi connectivity index (χ1n) is 6.29. The first-order valence-corrected chi connectivity index (χ1v) is 7.54. The smallest absolute Gasteiger partial charge is 0.306 e. The van der Waals surface area contributed by atoms with Crippen molar-refractivity contribution in [2.45, 2.75) is 13.3 Å². The maximum Gasteiger partial charge on any atom is 0.306 e. The van der Waals surface area contributed by atoms with E-state index in [1.165, 1.54) is 17.4 Å². The van der Waals surface area contributed by atoms with Gasteiger partial charge in [-0.25, -0.2) is 4.98 Å². The number of imidazole rings is 1. The third-order valence-corrected chi connectivity index (χ3v) is 3.98. The summed E-state index contributed by atoms with van der Waals surface area (Å²) >= 11 is 7.45. The highest BCUT2D eigenvalue weighted by Crippen LogP contribution is 2.22. The Morgan fingerprint density at radius 3 is 3.10 bits per heavy atom. The second kappa shape index (κ2) is 6.73. The molecule has 1 atom stereocenters. The number of thiazole rings is 1. The maximum absolute atomic E-state index is 11.7. The van der Waals surface area contributed by atoms with Crippen LogP contribution in [0.4, 0.5) is 0 Å². The number of amides is 1. The molecule has 0 spiro atoms. The number of carbonyl (C=O) groups excluding carboxylic acids is 1. The molecule has 8 heteroatoms. The Hall–Kier alpha value is -1.86. The molecule has 2 rings (SSSR count). The van der Waals surface area contributed by atoms with Crippen LogP contribution in [0.1, 0.15) is 19.0 Å². The number of carboxylic acids is 1. The molecule has 1 amide bonds. The third kappa shape index (κ3) is 3.83. The highest BCUT2D eigenvalue weighted by Gasteiger charge is 2.11. The highest BCUT2D eigenvalue weighted by molar-refractivity contribution is 7.15. The standard InChI is InChI=1S/C13H14ClN3O3S/c1-8(12(19)20)4-5-15-10(18)3-2-9-11(14)16-13-17(9)6-7-21-13/h2-3,6-8H,4-5H2,1H3,(H,15,18)(H,19,20)/b3-2+. The molecule has 1 unspecified atom stereocenters. The summed E-state index contributed by atoms with van der Waals surface area (Å²) < 4.78 is 1.79.